The van der Waals surface area contributed by atoms with Crippen LogP contribution >= 0.6 is 15.9 Å². The van der Waals surface area contributed by atoms with Crippen LogP contribution in [0.15, 0.2) is 69.5 Å². The molecule has 2 aromatic carbocycles. The maximum absolute atomic E-state index is 13.5. The number of fused-ring (bicyclic) bond motifs is 1. The van der Waals surface area contributed by atoms with E-state index in [2.05, 4.69) is 21.2 Å². The van der Waals surface area contributed by atoms with Crippen molar-refractivity contribution in [2.24, 2.45) is 0 Å². The number of dihydropyridines is 1. The van der Waals surface area contributed by atoms with E-state index in [9.17, 15) is 9.59 Å². The Morgan fingerprint density at radius 3 is 2.53 bits per heavy atom. The summed E-state index contributed by atoms with van der Waals surface area (Å²) in [5, 5.41) is 3.35. The number of carbonyl (C=O) groups is 2. The van der Waals surface area contributed by atoms with E-state index >= 15 is 0 Å². The van der Waals surface area contributed by atoms with Crippen molar-refractivity contribution in [3.8, 4) is 11.5 Å². The molecule has 5 rings (SSSR count). The maximum atomic E-state index is 13.5. The number of allylic oxidation sites excluding steroid dienone is 3. The standard InChI is InChI=1S/C25H22BrNO5/c1-13-22(25(29)30-2)23(14-3-6-17(26)7-4-14)24-18(27-13)9-16(10-19(24)28)15-5-8-20-21(11-15)32-12-31-20/h3-8,11,16,23,27H,9-10,12H2,1-2H3. The van der Waals surface area contributed by atoms with Crippen molar-refractivity contribution in [2.75, 3.05) is 13.9 Å². The Labute approximate surface area is 194 Å². The molecule has 0 aromatic heterocycles. The first kappa shape index (κ1) is 20.8. The molecule has 0 saturated heterocycles. The van der Waals surface area contributed by atoms with Gasteiger partial charge in [0.15, 0.2) is 17.3 Å². The zero-order chi connectivity index (χ0) is 22.4. The molecule has 7 heteroatoms. The molecule has 0 saturated carbocycles. The molecule has 0 fully saturated rings. The van der Waals surface area contributed by atoms with Crippen molar-refractivity contribution < 1.29 is 23.8 Å². The molecule has 32 heavy (non-hydrogen) atoms. The maximum Gasteiger partial charge on any atom is 0.336 e. The average molecular weight is 496 g/mol. The highest BCUT2D eigenvalue weighted by molar-refractivity contribution is 9.10. The van der Waals surface area contributed by atoms with Gasteiger partial charge in [-0.15, -0.1) is 0 Å². The van der Waals surface area contributed by atoms with Gasteiger partial charge in [-0.2, -0.15) is 0 Å². The number of Topliss-reactive ketones (excluding diaryl/α,β-unsaturated/α-hetero) is 1. The second kappa shape index (κ2) is 8.13. The second-order valence-electron chi connectivity index (χ2n) is 8.17. The summed E-state index contributed by atoms with van der Waals surface area (Å²) in [6.07, 6.45) is 1.03. The molecule has 1 aliphatic carbocycles. The summed E-state index contributed by atoms with van der Waals surface area (Å²) in [5.41, 5.74) is 4.62. The zero-order valence-corrected chi connectivity index (χ0v) is 19.3. The number of benzene rings is 2. The summed E-state index contributed by atoms with van der Waals surface area (Å²) >= 11 is 3.46. The van der Waals surface area contributed by atoms with Crippen molar-refractivity contribution in [3.05, 3.63) is 80.6 Å². The van der Waals surface area contributed by atoms with E-state index in [1.54, 1.807) is 0 Å². The molecule has 2 heterocycles. The van der Waals surface area contributed by atoms with E-state index in [4.69, 9.17) is 14.2 Å². The smallest absolute Gasteiger partial charge is 0.336 e. The monoisotopic (exact) mass is 495 g/mol. The van der Waals surface area contributed by atoms with Crippen LogP contribution in [0.5, 0.6) is 11.5 Å². The number of methoxy groups -OCH3 is 1. The van der Waals surface area contributed by atoms with Gasteiger partial charge in [-0.25, -0.2) is 4.79 Å². The Morgan fingerprint density at radius 1 is 1.06 bits per heavy atom. The van der Waals surface area contributed by atoms with Crippen LogP contribution in [0.2, 0.25) is 0 Å². The van der Waals surface area contributed by atoms with Crippen LogP contribution in [0.4, 0.5) is 0 Å². The van der Waals surface area contributed by atoms with Crippen LogP contribution in [-0.2, 0) is 14.3 Å². The highest BCUT2D eigenvalue weighted by Gasteiger charge is 2.41. The highest BCUT2D eigenvalue weighted by atomic mass is 79.9. The molecule has 0 spiro atoms. The van der Waals surface area contributed by atoms with Crippen molar-refractivity contribution >= 4 is 27.7 Å². The average Bonchev–Trinajstić information content (AvgIpc) is 3.26. The first-order chi connectivity index (χ1) is 15.5. The largest absolute Gasteiger partial charge is 0.466 e. The summed E-state index contributed by atoms with van der Waals surface area (Å²) < 4.78 is 16.9. The fraction of sp³-hybridized carbons (Fsp3) is 0.280. The number of rotatable bonds is 3. The van der Waals surface area contributed by atoms with Crippen LogP contribution in [-0.4, -0.2) is 25.7 Å². The predicted molar refractivity (Wildman–Crippen MR) is 121 cm³/mol. The number of halogens is 1. The molecular formula is C25H22BrNO5. The zero-order valence-electron chi connectivity index (χ0n) is 17.7. The normalized spacial score (nSPS) is 21.9. The molecule has 2 atom stereocenters. The topological polar surface area (TPSA) is 73.9 Å². The fourth-order valence-electron chi connectivity index (χ4n) is 4.81. The third kappa shape index (κ3) is 3.50. The molecule has 164 valence electrons. The minimum absolute atomic E-state index is 0.0151. The third-order valence-corrected chi connectivity index (χ3v) is 6.83. The van der Waals surface area contributed by atoms with Crippen LogP contribution in [0.3, 0.4) is 0 Å². The Bertz CT molecular complexity index is 1180. The van der Waals surface area contributed by atoms with Crippen molar-refractivity contribution in [1.29, 1.82) is 0 Å². The molecule has 0 radical (unpaired) electrons. The first-order valence-corrected chi connectivity index (χ1v) is 11.2. The van der Waals surface area contributed by atoms with E-state index in [-0.39, 0.29) is 18.5 Å². The van der Waals surface area contributed by atoms with E-state index in [0.29, 0.717) is 35.4 Å². The number of ether oxygens (including phenoxy) is 3. The van der Waals surface area contributed by atoms with Gasteiger partial charge in [-0.3, -0.25) is 4.79 Å². The van der Waals surface area contributed by atoms with E-state index in [0.717, 1.165) is 27.0 Å². The van der Waals surface area contributed by atoms with Gasteiger partial charge in [-0.1, -0.05) is 34.1 Å². The lowest BCUT2D eigenvalue weighted by atomic mass is 9.71. The Kier molecular flexibility index (Phi) is 5.29. The molecule has 1 N–H and O–H groups in total. The number of esters is 1. The molecule has 0 amide bonds. The van der Waals surface area contributed by atoms with E-state index < -0.39 is 11.9 Å². The van der Waals surface area contributed by atoms with E-state index in [1.165, 1.54) is 7.11 Å². The van der Waals surface area contributed by atoms with Gasteiger partial charge in [-0.05, 0) is 54.7 Å². The Hall–Kier alpha value is -3.06. The van der Waals surface area contributed by atoms with Gasteiger partial charge in [0.1, 0.15) is 0 Å². The first-order valence-electron chi connectivity index (χ1n) is 10.4. The third-order valence-electron chi connectivity index (χ3n) is 6.30. The quantitative estimate of drug-likeness (QED) is 0.621. The number of hydrogen-bond acceptors (Lipinski definition) is 6. The fourth-order valence-corrected chi connectivity index (χ4v) is 5.08. The Balaban J connectivity index is 1.56. The number of carbonyl (C=O) groups excluding carboxylic acids is 2. The van der Waals surface area contributed by atoms with Crippen LogP contribution < -0.4 is 14.8 Å². The van der Waals surface area contributed by atoms with Gasteiger partial charge < -0.3 is 19.5 Å². The van der Waals surface area contributed by atoms with Gasteiger partial charge in [0, 0.05) is 33.8 Å². The highest BCUT2D eigenvalue weighted by Crippen LogP contribution is 2.46. The molecule has 2 unspecified atom stereocenters. The van der Waals surface area contributed by atoms with Crippen molar-refractivity contribution in [3.63, 3.8) is 0 Å². The van der Waals surface area contributed by atoms with Crippen molar-refractivity contribution in [2.45, 2.75) is 31.6 Å². The lowest BCUT2D eigenvalue weighted by Gasteiger charge is -2.36. The lowest BCUT2D eigenvalue weighted by Crippen LogP contribution is -2.36. The van der Waals surface area contributed by atoms with Crippen molar-refractivity contribution in [1.82, 2.24) is 5.32 Å². The molecule has 2 aliphatic heterocycles. The second-order valence-corrected chi connectivity index (χ2v) is 9.09. The summed E-state index contributed by atoms with van der Waals surface area (Å²) in [5.74, 6) is 0.591. The summed E-state index contributed by atoms with van der Waals surface area (Å²) in [6, 6.07) is 13.6. The minimum atomic E-state index is -0.461. The summed E-state index contributed by atoms with van der Waals surface area (Å²) in [4.78, 5) is 26.2. The molecule has 0 bridgehead atoms. The Morgan fingerprint density at radius 2 is 1.78 bits per heavy atom. The van der Waals surface area contributed by atoms with Crippen LogP contribution in [0.25, 0.3) is 0 Å². The number of ketones is 1. The SMILES string of the molecule is COC(=O)C1=C(C)NC2=C(C(=O)CC(c3ccc4c(c3)OCO4)C2)C1c1ccc(Br)cc1. The molecule has 6 nitrogen and oxygen atoms in total. The van der Waals surface area contributed by atoms with Crippen LogP contribution in [0, 0.1) is 0 Å². The summed E-state index contributed by atoms with van der Waals surface area (Å²) in [6.45, 7) is 2.07. The molecule has 3 aliphatic rings. The number of nitrogens with one attached hydrogen (secondary N) is 1. The number of hydrogen-bond donors (Lipinski definition) is 1. The van der Waals surface area contributed by atoms with Gasteiger partial charge in [0.25, 0.3) is 0 Å². The van der Waals surface area contributed by atoms with Gasteiger partial charge in [0.05, 0.1) is 12.7 Å². The van der Waals surface area contributed by atoms with Gasteiger partial charge in [0.2, 0.25) is 6.79 Å². The summed E-state index contributed by atoms with van der Waals surface area (Å²) in [7, 11) is 1.36. The van der Waals surface area contributed by atoms with Gasteiger partial charge >= 0.3 is 5.97 Å². The van der Waals surface area contributed by atoms with E-state index in [1.807, 2.05) is 49.4 Å². The molecule has 2 aromatic rings. The molecular weight excluding hydrogens is 474 g/mol. The van der Waals surface area contributed by atoms with Crippen LogP contribution in [0.1, 0.15) is 42.7 Å². The lowest BCUT2D eigenvalue weighted by molar-refractivity contribution is -0.136. The predicted octanol–water partition coefficient (Wildman–Crippen LogP) is 4.71. The minimum Gasteiger partial charge on any atom is -0.466 e.